The molecule has 0 bridgehead atoms. The average Bonchev–Trinajstić information content (AvgIpc) is 2.60. The minimum absolute atomic E-state index is 0.0743. The molecule has 0 unspecified atom stereocenters. The SMILES string of the molecule is COc1ccccc1[C@@H]1CC(=O)Oc2cc(O)c3c(C)cc(=O)oc3c21. The summed E-state index contributed by atoms with van der Waals surface area (Å²) in [6.45, 7) is 1.72. The van der Waals surface area contributed by atoms with Gasteiger partial charge in [0.2, 0.25) is 0 Å². The average molecular weight is 352 g/mol. The molecule has 2 heterocycles. The summed E-state index contributed by atoms with van der Waals surface area (Å²) in [4.78, 5) is 24.1. The molecule has 6 nitrogen and oxygen atoms in total. The molecule has 0 radical (unpaired) electrons. The molecular formula is C20H16O6. The number of carbonyl (C=O) groups excluding carboxylic acids is 1. The Morgan fingerprint density at radius 3 is 2.73 bits per heavy atom. The van der Waals surface area contributed by atoms with Gasteiger partial charge in [-0.3, -0.25) is 4.79 Å². The molecule has 26 heavy (non-hydrogen) atoms. The van der Waals surface area contributed by atoms with Gasteiger partial charge in [0.25, 0.3) is 0 Å². The van der Waals surface area contributed by atoms with E-state index in [2.05, 4.69) is 0 Å². The van der Waals surface area contributed by atoms with E-state index in [1.165, 1.54) is 12.1 Å². The quantitative estimate of drug-likeness (QED) is 0.433. The smallest absolute Gasteiger partial charge is 0.336 e. The van der Waals surface area contributed by atoms with Crippen molar-refractivity contribution in [3.05, 3.63) is 63.5 Å². The van der Waals surface area contributed by atoms with Gasteiger partial charge in [0.1, 0.15) is 22.8 Å². The summed E-state index contributed by atoms with van der Waals surface area (Å²) in [6, 6.07) is 10.1. The van der Waals surface area contributed by atoms with Crippen LogP contribution in [0.2, 0.25) is 0 Å². The standard InChI is InChI=1S/C20H16O6/c1-10-7-16(22)26-20-18(10)13(21)9-15-19(20)12(8-17(23)25-15)11-5-3-4-6-14(11)24-2/h3-7,9,12,21H,8H2,1-2H3/t12-/m0/s1. The summed E-state index contributed by atoms with van der Waals surface area (Å²) >= 11 is 0. The maximum atomic E-state index is 12.2. The summed E-state index contributed by atoms with van der Waals surface area (Å²) in [7, 11) is 1.56. The highest BCUT2D eigenvalue weighted by atomic mass is 16.5. The number of aromatic hydroxyl groups is 1. The van der Waals surface area contributed by atoms with Gasteiger partial charge >= 0.3 is 11.6 Å². The van der Waals surface area contributed by atoms with E-state index in [1.807, 2.05) is 18.2 Å². The van der Waals surface area contributed by atoms with Gasteiger partial charge in [-0.25, -0.2) is 4.79 Å². The molecule has 132 valence electrons. The van der Waals surface area contributed by atoms with Crippen LogP contribution in [0, 0.1) is 6.92 Å². The zero-order valence-corrected chi connectivity index (χ0v) is 14.2. The number of hydrogen-bond acceptors (Lipinski definition) is 6. The summed E-state index contributed by atoms with van der Waals surface area (Å²) in [6.07, 6.45) is 0.0743. The molecule has 3 aromatic rings. The number of hydrogen-bond donors (Lipinski definition) is 1. The molecule has 1 N–H and O–H groups in total. The normalized spacial score (nSPS) is 16.2. The number of methoxy groups -OCH3 is 1. The second-order valence-electron chi connectivity index (χ2n) is 6.23. The molecule has 0 saturated carbocycles. The van der Waals surface area contributed by atoms with Crippen molar-refractivity contribution < 1.29 is 23.8 Å². The third-order valence-corrected chi connectivity index (χ3v) is 4.65. The number of rotatable bonds is 2. The lowest BCUT2D eigenvalue weighted by molar-refractivity contribution is -0.135. The van der Waals surface area contributed by atoms with Gasteiger partial charge in [-0.15, -0.1) is 0 Å². The minimum Gasteiger partial charge on any atom is -0.507 e. The van der Waals surface area contributed by atoms with Crippen LogP contribution in [0.15, 0.2) is 45.6 Å². The fourth-order valence-electron chi connectivity index (χ4n) is 3.57. The number of para-hydroxylation sites is 1. The van der Waals surface area contributed by atoms with E-state index in [1.54, 1.807) is 20.1 Å². The van der Waals surface area contributed by atoms with Gasteiger partial charge < -0.3 is 19.0 Å². The molecule has 1 atom stereocenters. The summed E-state index contributed by atoms with van der Waals surface area (Å²) in [5.74, 6) is -0.142. The van der Waals surface area contributed by atoms with Gasteiger partial charge in [-0.05, 0) is 18.6 Å². The van der Waals surface area contributed by atoms with E-state index in [-0.39, 0.29) is 23.5 Å². The lowest BCUT2D eigenvalue weighted by atomic mass is 9.84. The first kappa shape index (κ1) is 16.2. The Bertz CT molecular complexity index is 1100. The predicted octanol–water partition coefficient (Wildman–Crippen LogP) is 3.26. The predicted molar refractivity (Wildman–Crippen MR) is 94.0 cm³/mol. The Balaban J connectivity index is 2.10. The van der Waals surface area contributed by atoms with Gasteiger partial charge in [0.15, 0.2) is 0 Å². The van der Waals surface area contributed by atoms with Crippen molar-refractivity contribution >= 4 is 16.9 Å². The van der Waals surface area contributed by atoms with Crippen LogP contribution < -0.4 is 15.1 Å². The van der Waals surface area contributed by atoms with Crippen LogP contribution in [0.5, 0.6) is 17.2 Å². The molecule has 0 amide bonds. The van der Waals surface area contributed by atoms with Crippen LogP contribution in [0.3, 0.4) is 0 Å². The van der Waals surface area contributed by atoms with E-state index in [9.17, 15) is 14.7 Å². The van der Waals surface area contributed by atoms with Crippen molar-refractivity contribution in [2.75, 3.05) is 7.11 Å². The van der Waals surface area contributed by atoms with E-state index in [0.29, 0.717) is 22.3 Å². The molecule has 1 aliphatic rings. The zero-order chi connectivity index (χ0) is 18.4. The highest BCUT2D eigenvalue weighted by Crippen LogP contribution is 2.47. The number of benzene rings is 2. The number of carbonyl (C=O) groups is 1. The van der Waals surface area contributed by atoms with Crippen LogP contribution in [0.25, 0.3) is 11.0 Å². The fourth-order valence-corrected chi connectivity index (χ4v) is 3.57. The van der Waals surface area contributed by atoms with E-state index < -0.39 is 17.5 Å². The molecule has 0 spiro atoms. The van der Waals surface area contributed by atoms with Crippen LogP contribution in [-0.2, 0) is 4.79 Å². The molecule has 1 aromatic heterocycles. The summed E-state index contributed by atoms with van der Waals surface area (Å²) in [5, 5.41) is 10.8. The van der Waals surface area contributed by atoms with Crippen LogP contribution in [-0.4, -0.2) is 18.2 Å². The van der Waals surface area contributed by atoms with Crippen molar-refractivity contribution in [1.29, 1.82) is 0 Å². The first-order chi connectivity index (χ1) is 12.5. The van der Waals surface area contributed by atoms with E-state index >= 15 is 0 Å². The molecule has 0 aliphatic carbocycles. The Morgan fingerprint density at radius 1 is 1.19 bits per heavy atom. The van der Waals surface area contributed by atoms with Crippen molar-refractivity contribution in [3.63, 3.8) is 0 Å². The number of esters is 1. The minimum atomic E-state index is -0.529. The fraction of sp³-hybridized carbons (Fsp3) is 0.200. The van der Waals surface area contributed by atoms with Crippen molar-refractivity contribution in [1.82, 2.24) is 0 Å². The summed E-state index contributed by atoms with van der Waals surface area (Å²) in [5.41, 5.74) is 1.63. The second-order valence-corrected chi connectivity index (χ2v) is 6.23. The molecule has 2 aromatic carbocycles. The largest absolute Gasteiger partial charge is 0.507 e. The van der Waals surface area contributed by atoms with Crippen LogP contribution >= 0.6 is 0 Å². The van der Waals surface area contributed by atoms with Crippen molar-refractivity contribution in [2.24, 2.45) is 0 Å². The zero-order valence-electron chi connectivity index (χ0n) is 14.2. The number of phenolic OH excluding ortho intramolecular Hbond substituents is 1. The number of aryl methyl sites for hydroxylation is 1. The first-order valence-electron chi connectivity index (χ1n) is 8.13. The molecule has 4 rings (SSSR count). The summed E-state index contributed by atoms with van der Waals surface area (Å²) < 4.78 is 16.2. The van der Waals surface area contributed by atoms with Gasteiger partial charge in [0, 0.05) is 29.2 Å². The maximum Gasteiger partial charge on any atom is 0.336 e. The van der Waals surface area contributed by atoms with Gasteiger partial charge in [0.05, 0.1) is 18.9 Å². The number of ether oxygens (including phenoxy) is 2. The topological polar surface area (TPSA) is 86.0 Å². The van der Waals surface area contributed by atoms with Crippen molar-refractivity contribution in [2.45, 2.75) is 19.3 Å². The lowest BCUT2D eigenvalue weighted by Crippen LogP contribution is -2.22. The highest BCUT2D eigenvalue weighted by molar-refractivity contribution is 5.94. The number of phenols is 1. The Hall–Kier alpha value is -3.28. The monoisotopic (exact) mass is 352 g/mol. The van der Waals surface area contributed by atoms with E-state index in [0.717, 1.165) is 5.56 Å². The molecule has 0 fully saturated rings. The third-order valence-electron chi connectivity index (χ3n) is 4.65. The van der Waals surface area contributed by atoms with Crippen LogP contribution in [0.1, 0.15) is 29.0 Å². The Kier molecular flexibility index (Phi) is 3.68. The molecular weight excluding hydrogens is 336 g/mol. The maximum absolute atomic E-state index is 12.2. The molecule has 1 aliphatic heterocycles. The van der Waals surface area contributed by atoms with Gasteiger partial charge in [-0.2, -0.15) is 0 Å². The Morgan fingerprint density at radius 2 is 1.96 bits per heavy atom. The van der Waals surface area contributed by atoms with Gasteiger partial charge in [-0.1, -0.05) is 18.2 Å². The number of fused-ring (bicyclic) bond motifs is 3. The third kappa shape index (κ3) is 2.42. The lowest BCUT2D eigenvalue weighted by Gasteiger charge is -2.27. The molecule has 0 saturated heterocycles. The highest BCUT2D eigenvalue weighted by Gasteiger charge is 2.34. The second kappa shape index (κ2) is 5.91. The first-order valence-corrected chi connectivity index (χ1v) is 8.13. The Labute approximate surface area is 148 Å². The van der Waals surface area contributed by atoms with E-state index in [4.69, 9.17) is 13.9 Å². The van der Waals surface area contributed by atoms with Crippen molar-refractivity contribution in [3.8, 4) is 17.2 Å². The molecule has 6 heteroatoms. The van der Waals surface area contributed by atoms with Crippen LogP contribution in [0.4, 0.5) is 0 Å².